The summed E-state index contributed by atoms with van der Waals surface area (Å²) in [5.41, 5.74) is 2.54. The average Bonchev–Trinajstić information content (AvgIpc) is 2.61. The number of benzene rings is 1. The van der Waals surface area contributed by atoms with Gasteiger partial charge in [0.15, 0.2) is 0 Å². The molecule has 2 rings (SSSR count). The smallest absolute Gasteiger partial charge is 0.0861 e. The molecule has 0 amide bonds. The molecule has 3 nitrogen and oxygen atoms in total. The van der Waals surface area contributed by atoms with E-state index in [-0.39, 0.29) is 0 Å². The Bertz CT molecular complexity index is 603. The minimum absolute atomic E-state index is 0.802. The lowest BCUT2D eigenvalue weighted by Gasteiger charge is -2.26. The van der Waals surface area contributed by atoms with Gasteiger partial charge in [-0.25, -0.2) is 0 Å². The summed E-state index contributed by atoms with van der Waals surface area (Å²) in [5, 5.41) is 21.1. The van der Waals surface area contributed by atoms with Crippen molar-refractivity contribution < 1.29 is 10.2 Å². The molecule has 0 aliphatic rings. The Balaban J connectivity index is 2.85. The van der Waals surface area contributed by atoms with Gasteiger partial charge < -0.3 is 14.8 Å². The summed E-state index contributed by atoms with van der Waals surface area (Å²) in [4.78, 5) is 0. The molecule has 0 bridgehead atoms. The lowest BCUT2D eigenvalue weighted by Crippen LogP contribution is -2.25. The zero-order chi connectivity index (χ0) is 16.0. The Morgan fingerprint density at radius 1 is 0.762 bits per heavy atom. The van der Waals surface area contributed by atoms with Crippen molar-refractivity contribution in [2.45, 2.75) is 52.7 Å². The van der Waals surface area contributed by atoms with Crippen molar-refractivity contribution in [1.29, 1.82) is 0 Å². The normalized spacial score (nSPS) is 12.8. The second kappa shape index (κ2) is 5.00. The maximum Gasteiger partial charge on any atom is 0.0861 e. The standard InChI is InChI=1S/C18H25NO2/c1-12-15(17(3,4)20)16(18(5,6)21)13(2)19(12)14-10-8-7-9-11-14/h7-11,20-21H,1-6H3. The molecule has 1 heterocycles. The summed E-state index contributed by atoms with van der Waals surface area (Å²) in [6.45, 7) is 11.0. The van der Waals surface area contributed by atoms with Gasteiger partial charge in [0.25, 0.3) is 0 Å². The molecule has 0 fully saturated rings. The van der Waals surface area contributed by atoms with Gasteiger partial charge in [-0.1, -0.05) is 18.2 Å². The molecule has 0 aliphatic heterocycles. The first-order valence-corrected chi connectivity index (χ1v) is 7.28. The van der Waals surface area contributed by atoms with Gasteiger partial charge in [-0.05, 0) is 53.7 Å². The monoisotopic (exact) mass is 287 g/mol. The van der Waals surface area contributed by atoms with E-state index in [0.29, 0.717) is 0 Å². The number of aliphatic hydroxyl groups is 2. The number of rotatable bonds is 3. The summed E-state index contributed by atoms with van der Waals surface area (Å²) in [6.07, 6.45) is 0. The maximum absolute atomic E-state index is 10.6. The third-order valence-corrected chi connectivity index (χ3v) is 3.88. The van der Waals surface area contributed by atoms with Gasteiger partial charge in [-0.3, -0.25) is 0 Å². The lowest BCUT2D eigenvalue weighted by atomic mass is 9.86. The van der Waals surface area contributed by atoms with Crippen molar-refractivity contribution in [1.82, 2.24) is 4.57 Å². The van der Waals surface area contributed by atoms with Crippen LogP contribution in [-0.4, -0.2) is 14.8 Å². The molecule has 3 heteroatoms. The molecule has 1 aromatic carbocycles. The number of aromatic nitrogens is 1. The summed E-state index contributed by atoms with van der Waals surface area (Å²) in [6, 6.07) is 10.0. The molecular weight excluding hydrogens is 262 g/mol. The molecule has 0 atom stereocenters. The van der Waals surface area contributed by atoms with Crippen LogP contribution in [0.25, 0.3) is 5.69 Å². The molecule has 0 aliphatic carbocycles. The average molecular weight is 287 g/mol. The summed E-state index contributed by atoms with van der Waals surface area (Å²) < 4.78 is 2.10. The van der Waals surface area contributed by atoms with E-state index >= 15 is 0 Å². The first kappa shape index (κ1) is 15.8. The highest BCUT2D eigenvalue weighted by atomic mass is 16.3. The quantitative estimate of drug-likeness (QED) is 0.907. The number of hydrogen-bond donors (Lipinski definition) is 2. The van der Waals surface area contributed by atoms with E-state index in [9.17, 15) is 10.2 Å². The second-order valence-electron chi connectivity index (χ2n) is 6.71. The van der Waals surface area contributed by atoms with Gasteiger partial charge in [0, 0.05) is 28.2 Å². The van der Waals surface area contributed by atoms with E-state index in [4.69, 9.17) is 0 Å². The van der Waals surface area contributed by atoms with Crippen LogP contribution in [0.4, 0.5) is 0 Å². The maximum atomic E-state index is 10.6. The van der Waals surface area contributed by atoms with Crippen LogP contribution in [0.3, 0.4) is 0 Å². The van der Waals surface area contributed by atoms with Gasteiger partial charge in [0.1, 0.15) is 0 Å². The predicted molar refractivity (Wildman–Crippen MR) is 85.7 cm³/mol. The van der Waals surface area contributed by atoms with Gasteiger partial charge in [-0.2, -0.15) is 0 Å². The summed E-state index contributed by atoms with van der Waals surface area (Å²) in [5.74, 6) is 0. The number of para-hydroxylation sites is 1. The van der Waals surface area contributed by atoms with Crippen LogP contribution in [0.1, 0.15) is 50.2 Å². The zero-order valence-electron chi connectivity index (χ0n) is 13.7. The topological polar surface area (TPSA) is 45.4 Å². The third-order valence-electron chi connectivity index (χ3n) is 3.88. The Kier molecular flexibility index (Phi) is 3.77. The Morgan fingerprint density at radius 3 is 1.48 bits per heavy atom. The minimum Gasteiger partial charge on any atom is -0.386 e. The lowest BCUT2D eigenvalue weighted by molar-refractivity contribution is 0.0525. The van der Waals surface area contributed by atoms with Crippen LogP contribution < -0.4 is 0 Å². The molecule has 0 spiro atoms. The summed E-state index contributed by atoms with van der Waals surface area (Å²) in [7, 11) is 0. The summed E-state index contributed by atoms with van der Waals surface area (Å²) >= 11 is 0. The fourth-order valence-electron chi connectivity index (χ4n) is 3.30. The van der Waals surface area contributed by atoms with E-state index in [1.54, 1.807) is 27.7 Å². The Hall–Kier alpha value is -1.58. The molecule has 0 saturated carbocycles. The van der Waals surface area contributed by atoms with Gasteiger partial charge in [0.2, 0.25) is 0 Å². The van der Waals surface area contributed by atoms with Crippen molar-refractivity contribution in [2.75, 3.05) is 0 Å². The van der Waals surface area contributed by atoms with Crippen LogP contribution in [-0.2, 0) is 11.2 Å². The molecule has 0 unspecified atom stereocenters. The van der Waals surface area contributed by atoms with E-state index in [2.05, 4.69) is 4.57 Å². The zero-order valence-corrected chi connectivity index (χ0v) is 13.7. The molecule has 0 saturated heterocycles. The first-order valence-electron chi connectivity index (χ1n) is 7.28. The molecule has 0 radical (unpaired) electrons. The highest BCUT2D eigenvalue weighted by Crippen LogP contribution is 2.39. The van der Waals surface area contributed by atoms with E-state index in [1.807, 2.05) is 44.2 Å². The van der Waals surface area contributed by atoms with Crippen molar-refractivity contribution in [2.24, 2.45) is 0 Å². The van der Waals surface area contributed by atoms with Gasteiger partial charge in [-0.15, -0.1) is 0 Å². The van der Waals surface area contributed by atoms with Crippen molar-refractivity contribution >= 4 is 0 Å². The first-order chi connectivity index (χ1) is 9.55. The molecule has 21 heavy (non-hydrogen) atoms. The van der Waals surface area contributed by atoms with Crippen LogP contribution in [0.5, 0.6) is 0 Å². The minimum atomic E-state index is -1.01. The van der Waals surface area contributed by atoms with Crippen LogP contribution in [0.15, 0.2) is 30.3 Å². The highest BCUT2D eigenvalue weighted by Gasteiger charge is 2.35. The molecule has 114 valence electrons. The van der Waals surface area contributed by atoms with Gasteiger partial charge in [0.05, 0.1) is 11.2 Å². The van der Waals surface area contributed by atoms with Crippen LogP contribution >= 0.6 is 0 Å². The van der Waals surface area contributed by atoms with Crippen LogP contribution in [0, 0.1) is 13.8 Å². The van der Waals surface area contributed by atoms with Crippen molar-refractivity contribution in [3.8, 4) is 5.69 Å². The fourth-order valence-corrected chi connectivity index (χ4v) is 3.30. The predicted octanol–water partition coefficient (Wildman–Crippen LogP) is 3.55. The molecular formula is C18H25NO2. The van der Waals surface area contributed by atoms with E-state index in [1.165, 1.54) is 0 Å². The van der Waals surface area contributed by atoms with Gasteiger partial charge >= 0.3 is 0 Å². The highest BCUT2D eigenvalue weighted by molar-refractivity contribution is 5.50. The van der Waals surface area contributed by atoms with E-state index in [0.717, 1.165) is 28.2 Å². The molecule has 1 aromatic heterocycles. The van der Waals surface area contributed by atoms with E-state index < -0.39 is 11.2 Å². The Morgan fingerprint density at radius 2 is 1.14 bits per heavy atom. The van der Waals surface area contributed by atoms with Crippen molar-refractivity contribution in [3.05, 3.63) is 52.8 Å². The van der Waals surface area contributed by atoms with Crippen molar-refractivity contribution in [3.63, 3.8) is 0 Å². The number of hydrogen-bond acceptors (Lipinski definition) is 2. The molecule has 2 aromatic rings. The SMILES string of the molecule is Cc1c(C(C)(C)O)c(C(C)(C)O)c(C)n1-c1ccccc1. The largest absolute Gasteiger partial charge is 0.386 e. The fraction of sp³-hybridized carbons (Fsp3) is 0.444. The number of nitrogens with zero attached hydrogens (tertiary/aromatic N) is 1. The van der Waals surface area contributed by atoms with Crippen LogP contribution in [0.2, 0.25) is 0 Å². The third kappa shape index (κ3) is 2.76. The Labute approximate surface area is 126 Å². The molecule has 2 N–H and O–H groups in total. The second-order valence-corrected chi connectivity index (χ2v) is 6.71.